The maximum atomic E-state index is 11.5. The van der Waals surface area contributed by atoms with Crippen LogP contribution in [0.1, 0.15) is 23.3 Å². The maximum Gasteiger partial charge on any atom is 0.252 e. The molecule has 0 aliphatic rings. The van der Waals surface area contributed by atoms with Crippen LogP contribution in [0, 0.1) is 0 Å². The smallest absolute Gasteiger partial charge is 0.252 e. The number of benzene rings is 1. The van der Waals surface area contributed by atoms with Crippen LogP contribution >= 0.6 is 0 Å². The van der Waals surface area contributed by atoms with Crippen LogP contribution in [0.4, 0.5) is 5.82 Å². The van der Waals surface area contributed by atoms with E-state index in [1.807, 2.05) is 35.8 Å². The van der Waals surface area contributed by atoms with Gasteiger partial charge in [-0.05, 0) is 19.1 Å². The van der Waals surface area contributed by atoms with Crippen molar-refractivity contribution in [3.05, 3.63) is 35.9 Å². The Bertz CT molecular complexity index is 852. The normalized spacial score (nSPS) is 12.9. The van der Waals surface area contributed by atoms with Gasteiger partial charge >= 0.3 is 0 Å². The van der Waals surface area contributed by atoms with Crippen LogP contribution in [0.2, 0.25) is 0 Å². The molecule has 0 unspecified atom stereocenters. The van der Waals surface area contributed by atoms with Crippen molar-refractivity contribution in [3.63, 3.8) is 0 Å². The molecule has 1 amide bonds. The molecule has 0 bridgehead atoms. The zero-order chi connectivity index (χ0) is 15.1. The van der Waals surface area contributed by atoms with Gasteiger partial charge in [-0.3, -0.25) is 4.79 Å². The summed E-state index contributed by atoms with van der Waals surface area (Å²) in [5, 5.41) is 1.86. The number of nitrogens with zero attached hydrogens (tertiary/aromatic N) is 2. The second kappa shape index (κ2) is 4.75. The van der Waals surface area contributed by atoms with Gasteiger partial charge in [0.25, 0.3) is 5.91 Å². The van der Waals surface area contributed by atoms with Crippen molar-refractivity contribution in [2.75, 3.05) is 12.3 Å². The Hall–Kier alpha value is -2.60. The van der Waals surface area contributed by atoms with Gasteiger partial charge in [0.05, 0.1) is 11.1 Å². The summed E-state index contributed by atoms with van der Waals surface area (Å²) in [4.78, 5) is 15.9. The third kappa shape index (κ3) is 1.92. The van der Waals surface area contributed by atoms with Gasteiger partial charge in [-0.2, -0.15) is 0 Å². The minimum atomic E-state index is -0.578. The van der Waals surface area contributed by atoms with Crippen LogP contribution in [0.5, 0.6) is 0 Å². The quantitative estimate of drug-likeness (QED) is 0.674. The zero-order valence-corrected chi connectivity index (χ0v) is 11.7. The summed E-state index contributed by atoms with van der Waals surface area (Å²) in [5.74, 6) is -0.436. The third-order valence-corrected chi connectivity index (χ3v) is 3.76. The summed E-state index contributed by atoms with van der Waals surface area (Å²) in [6.07, 6.45) is 0. The molecule has 2 heterocycles. The van der Waals surface area contributed by atoms with E-state index in [0.717, 1.165) is 21.9 Å². The van der Waals surface area contributed by atoms with Crippen molar-refractivity contribution in [1.29, 1.82) is 0 Å². The van der Waals surface area contributed by atoms with Crippen LogP contribution in [0.3, 0.4) is 0 Å². The van der Waals surface area contributed by atoms with Crippen molar-refractivity contribution >= 4 is 33.7 Å². The number of aromatic nitrogens is 2. The van der Waals surface area contributed by atoms with Crippen molar-refractivity contribution in [1.82, 2.24) is 9.55 Å². The number of rotatable bonds is 3. The van der Waals surface area contributed by atoms with Gasteiger partial charge in [0.1, 0.15) is 11.5 Å². The molecule has 6 nitrogen and oxygen atoms in total. The molecule has 1 atom stereocenters. The predicted molar refractivity (Wildman–Crippen MR) is 83.9 cm³/mol. The van der Waals surface area contributed by atoms with Crippen LogP contribution in [-0.4, -0.2) is 22.0 Å². The Morgan fingerprint density at radius 2 is 2.05 bits per heavy atom. The van der Waals surface area contributed by atoms with Gasteiger partial charge < -0.3 is 21.8 Å². The number of carbonyl (C=O) groups excluding carboxylic acids is 1. The van der Waals surface area contributed by atoms with Crippen molar-refractivity contribution in [2.45, 2.75) is 13.0 Å². The summed E-state index contributed by atoms with van der Waals surface area (Å²) in [6, 6.07) is 9.67. The summed E-state index contributed by atoms with van der Waals surface area (Å²) >= 11 is 0. The monoisotopic (exact) mass is 283 g/mol. The lowest BCUT2D eigenvalue weighted by molar-refractivity contribution is 0.100. The number of nitrogen functional groups attached to an aromatic ring is 1. The van der Waals surface area contributed by atoms with Crippen LogP contribution < -0.4 is 17.2 Å². The molecule has 0 aliphatic heterocycles. The lowest BCUT2D eigenvalue weighted by atomic mass is 10.1. The molecule has 3 rings (SSSR count). The predicted octanol–water partition coefficient (Wildman–Crippen LogP) is 1.39. The first kappa shape index (κ1) is 13.4. The highest BCUT2D eigenvalue weighted by atomic mass is 16.1. The number of amides is 1. The topological polar surface area (TPSA) is 113 Å². The number of hydrogen-bond acceptors (Lipinski definition) is 4. The number of para-hydroxylation sites is 1. The van der Waals surface area contributed by atoms with E-state index >= 15 is 0 Å². The Labute approximate surface area is 121 Å². The summed E-state index contributed by atoms with van der Waals surface area (Å²) in [6.45, 7) is 2.50. The highest BCUT2D eigenvalue weighted by molar-refractivity contribution is 6.10. The zero-order valence-electron chi connectivity index (χ0n) is 11.7. The van der Waals surface area contributed by atoms with E-state index < -0.39 is 5.91 Å². The van der Waals surface area contributed by atoms with E-state index in [4.69, 9.17) is 17.2 Å². The van der Waals surface area contributed by atoms with E-state index in [2.05, 4.69) is 4.98 Å². The Kier molecular flexibility index (Phi) is 3.03. The van der Waals surface area contributed by atoms with Crippen LogP contribution in [-0.2, 0) is 0 Å². The van der Waals surface area contributed by atoms with Crippen molar-refractivity contribution in [3.8, 4) is 0 Å². The molecule has 108 valence electrons. The fourth-order valence-electron chi connectivity index (χ4n) is 2.67. The molecule has 0 fully saturated rings. The highest BCUT2D eigenvalue weighted by Gasteiger charge is 2.18. The fourth-order valence-corrected chi connectivity index (χ4v) is 2.67. The van der Waals surface area contributed by atoms with Crippen LogP contribution in [0.25, 0.3) is 21.9 Å². The number of fused-ring (bicyclic) bond motifs is 3. The average molecular weight is 283 g/mol. The molecule has 3 aromatic rings. The minimum Gasteiger partial charge on any atom is -0.383 e. The maximum absolute atomic E-state index is 11.5. The third-order valence-electron chi connectivity index (χ3n) is 3.76. The Balaban J connectivity index is 2.49. The SMILES string of the molecule is C[C@H](CN)n1c2ccccc2c2cc(C(N)=O)c(N)nc21. The van der Waals surface area contributed by atoms with Crippen molar-refractivity contribution in [2.24, 2.45) is 11.5 Å². The molecule has 0 aliphatic carbocycles. The molecular formula is C15H17N5O. The summed E-state index contributed by atoms with van der Waals surface area (Å²) in [5.41, 5.74) is 19.0. The van der Waals surface area contributed by atoms with E-state index in [-0.39, 0.29) is 17.4 Å². The first-order valence-electron chi connectivity index (χ1n) is 6.73. The molecule has 1 aromatic carbocycles. The second-order valence-corrected chi connectivity index (χ2v) is 5.13. The number of carbonyl (C=O) groups is 1. The Morgan fingerprint density at radius 3 is 2.71 bits per heavy atom. The molecule has 6 N–H and O–H groups in total. The van der Waals surface area contributed by atoms with Gasteiger partial charge in [-0.15, -0.1) is 0 Å². The number of pyridine rings is 1. The molecule has 0 spiro atoms. The van der Waals surface area contributed by atoms with Gasteiger partial charge in [-0.25, -0.2) is 4.98 Å². The summed E-state index contributed by atoms with van der Waals surface area (Å²) < 4.78 is 2.05. The molecule has 0 saturated heterocycles. The molecule has 0 radical (unpaired) electrons. The highest BCUT2D eigenvalue weighted by Crippen LogP contribution is 2.32. The molecule has 0 saturated carbocycles. The van der Waals surface area contributed by atoms with Gasteiger partial charge in [-0.1, -0.05) is 18.2 Å². The van der Waals surface area contributed by atoms with Crippen LogP contribution in [0.15, 0.2) is 30.3 Å². The van der Waals surface area contributed by atoms with E-state index in [0.29, 0.717) is 6.54 Å². The van der Waals surface area contributed by atoms with Gasteiger partial charge in [0.2, 0.25) is 0 Å². The van der Waals surface area contributed by atoms with E-state index in [1.54, 1.807) is 6.07 Å². The first-order valence-corrected chi connectivity index (χ1v) is 6.73. The standard InChI is InChI=1S/C15H17N5O/c1-8(7-16)20-12-5-3-2-4-9(12)10-6-11(14(18)21)13(17)19-15(10)20/h2-6,8H,7,16H2,1H3,(H2,17,19)(H2,18,21)/t8-/m1/s1. The second-order valence-electron chi connectivity index (χ2n) is 5.13. The fraction of sp³-hybridized carbons (Fsp3) is 0.200. The van der Waals surface area contributed by atoms with Crippen molar-refractivity contribution < 1.29 is 4.79 Å². The Morgan fingerprint density at radius 1 is 1.33 bits per heavy atom. The average Bonchev–Trinajstić information content (AvgIpc) is 2.78. The van der Waals surface area contributed by atoms with E-state index in [1.165, 1.54) is 0 Å². The first-order chi connectivity index (χ1) is 10.0. The lowest BCUT2D eigenvalue weighted by Gasteiger charge is -2.14. The largest absolute Gasteiger partial charge is 0.383 e. The molecular weight excluding hydrogens is 266 g/mol. The number of primary amides is 1. The van der Waals surface area contributed by atoms with E-state index in [9.17, 15) is 4.79 Å². The summed E-state index contributed by atoms with van der Waals surface area (Å²) in [7, 11) is 0. The number of hydrogen-bond donors (Lipinski definition) is 3. The molecule has 21 heavy (non-hydrogen) atoms. The number of nitrogens with two attached hydrogens (primary N) is 3. The minimum absolute atomic E-state index is 0.0683. The molecule has 6 heteroatoms. The molecule has 2 aromatic heterocycles. The lowest BCUT2D eigenvalue weighted by Crippen LogP contribution is -2.17. The van der Waals surface area contributed by atoms with Gasteiger partial charge in [0.15, 0.2) is 0 Å². The number of anilines is 1. The van der Waals surface area contributed by atoms with Gasteiger partial charge in [0, 0.05) is 23.4 Å².